The van der Waals surface area contributed by atoms with Crippen LogP contribution in [0.3, 0.4) is 0 Å². The zero-order valence-electron chi connectivity index (χ0n) is 11.0. The summed E-state index contributed by atoms with van der Waals surface area (Å²) in [5.74, 6) is 1.29. The molecule has 2 aromatic rings. The fraction of sp³-hybridized carbons (Fsp3) is 0.286. The van der Waals surface area contributed by atoms with Crippen molar-refractivity contribution in [2.45, 2.75) is 13.5 Å². The largest absolute Gasteiger partial charge is 0.497 e. The van der Waals surface area contributed by atoms with Crippen molar-refractivity contribution in [3.8, 4) is 17.0 Å². The van der Waals surface area contributed by atoms with Crippen LogP contribution in [0.15, 0.2) is 35.1 Å². The van der Waals surface area contributed by atoms with Crippen LogP contribution in [0.5, 0.6) is 5.75 Å². The van der Waals surface area contributed by atoms with Crippen molar-refractivity contribution in [3.05, 3.63) is 46.5 Å². The van der Waals surface area contributed by atoms with Gasteiger partial charge in [0.2, 0.25) is 0 Å². The Labute approximate surface area is 111 Å². The molecule has 1 aromatic carbocycles. The predicted molar refractivity (Wildman–Crippen MR) is 72.2 cm³/mol. The highest BCUT2D eigenvalue weighted by Gasteiger charge is 2.04. The molecule has 19 heavy (non-hydrogen) atoms. The number of aromatic nitrogens is 2. The molecule has 1 N–H and O–H groups in total. The monoisotopic (exact) mass is 260 g/mol. The lowest BCUT2D eigenvalue weighted by Gasteiger charge is -2.05. The summed E-state index contributed by atoms with van der Waals surface area (Å²) < 4.78 is 10.3. The van der Waals surface area contributed by atoms with Gasteiger partial charge in [0.1, 0.15) is 18.2 Å². The molecular formula is C14H16N2O3. The minimum Gasteiger partial charge on any atom is -0.497 e. The number of ether oxygens (including phenoxy) is 2. The zero-order valence-corrected chi connectivity index (χ0v) is 11.0. The summed E-state index contributed by atoms with van der Waals surface area (Å²) in [5, 5.41) is 0. The lowest BCUT2D eigenvalue weighted by molar-refractivity contribution is 0.128. The molecule has 100 valence electrons. The first-order valence-electron chi connectivity index (χ1n) is 6.05. The summed E-state index contributed by atoms with van der Waals surface area (Å²) in [7, 11) is 1.61. The molecule has 1 heterocycles. The second-order valence-electron chi connectivity index (χ2n) is 3.94. The number of nitrogens with one attached hydrogen (secondary N) is 1. The van der Waals surface area contributed by atoms with Crippen LogP contribution in [-0.2, 0) is 11.3 Å². The molecule has 0 aliphatic rings. The van der Waals surface area contributed by atoms with Crippen molar-refractivity contribution in [1.82, 2.24) is 9.97 Å². The van der Waals surface area contributed by atoms with Crippen molar-refractivity contribution in [3.63, 3.8) is 0 Å². The van der Waals surface area contributed by atoms with Gasteiger partial charge < -0.3 is 14.5 Å². The minimum atomic E-state index is -0.185. The predicted octanol–water partition coefficient (Wildman–Crippen LogP) is 1.98. The maximum absolute atomic E-state index is 11.6. The Balaban J connectivity index is 2.32. The number of H-pyrrole nitrogens is 1. The highest BCUT2D eigenvalue weighted by atomic mass is 16.5. The molecule has 0 saturated carbocycles. The Morgan fingerprint density at radius 2 is 2.00 bits per heavy atom. The summed E-state index contributed by atoms with van der Waals surface area (Å²) in [6.07, 6.45) is 0. The summed E-state index contributed by atoms with van der Waals surface area (Å²) in [4.78, 5) is 18.6. The van der Waals surface area contributed by atoms with E-state index < -0.39 is 0 Å². The number of hydrogen-bond donors (Lipinski definition) is 1. The fourth-order valence-corrected chi connectivity index (χ4v) is 1.68. The molecule has 0 atom stereocenters. The molecule has 0 aliphatic carbocycles. The van der Waals surface area contributed by atoms with Gasteiger partial charge in [-0.15, -0.1) is 0 Å². The van der Waals surface area contributed by atoms with Crippen LogP contribution in [-0.4, -0.2) is 23.7 Å². The molecule has 0 radical (unpaired) electrons. The van der Waals surface area contributed by atoms with E-state index in [1.807, 2.05) is 31.2 Å². The molecule has 0 bridgehead atoms. The minimum absolute atomic E-state index is 0.185. The molecule has 0 fully saturated rings. The Morgan fingerprint density at radius 3 is 2.63 bits per heavy atom. The Hall–Kier alpha value is -2.14. The van der Waals surface area contributed by atoms with Gasteiger partial charge in [0.25, 0.3) is 5.56 Å². The zero-order chi connectivity index (χ0) is 13.7. The SMILES string of the molecule is CCOCc1nc(-c2ccc(OC)cc2)cc(=O)[nH]1. The lowest BCUT2D eigenvalue weighted by atomic mass is 10.1. The van der Waals surface area contributed by atoms with Crippen molar-refractivity contribution in [1.29, 1.82) is 0 Å². The van der Waals surface area contributed by atoms with Crippen LogP contribution in [0.25, 0.3) is 11.3 Å². The molecular weight excluding hydrogens is 244 g/mol. The van der Waals surface area contributed by atoms with E-state index in [1.54, 1.807) is 7.11 Å². The number of benzene rings is 1. The molecule has 0 spiro atoms. The van der Waals surface area contributed by atoms with Crippen molar-refractivity contribution in [2.75, 3.05) is 13.7 Å². The first-order valence-corrected chi connectivity index (χ1v) is 6.05. The lowest BCUT2D eigenvalue weighted by Crippen LogP contribution is -2.12. The second-order valence-corrected chi connectivity index (χ2v) is 3.94. The van der Waals surface area contributed by atoms with Gasteiger partial charge in [-0.05, 0) is 31.2 Å². The van der Waals surface area contributed by atoms with Gasteiger partial charge in [-0.1, -0.05) is 0 Å². The number of nitrogens with zero attached hydrogens (tertiary/aromatic N) is 1. The number of rotatable bonds is 5. The average molecular weight is 260 g/mol. The van der Waals surface area contributed by atoms with Gasteiger partial charge in [0.05, 0.1) is 12.8 Å². The second kappa shape index (κ2) is 6.15. The summed E-state index contributed by atoms with van der Waals surface area (Å²) >= 11 is 0. The quantitative estimate of drug-likeness (QED) is 0.892. The van der Waals surface area contributed by atoms with Gasteiger partial charge in [-0.2, -0.15) is 0 Å². The van der Waals surface area contributed by atoms with Crippen LogP contribution >= 0.6 is 0 Å². The van der Waals surface area contributed by atoms with E-state index in [4.69, 9.17) is 9.47 Å². The topological polar surface area (TPSA) is 64.2 Å². The molecule has 0 saturated heterocycles. The van der Waals surface area contributed by atoms with Crippen LogP contribution in [0.1, 0.15) is 12.7 Å². The molecule has 0 aliphatic heterocycles. The summed E-state index contributed by atoms with van der Waals surface area (Å²) in [6, 6.07) is 8.87. The van der Waals surface area contributed by atoms with Gasteiger partial charge >= 0.3 is 0 Å². The van der Waals surface area contributed by atoms with Crippen molar-refractivity contribution < 1.29 is 9.47 Å². The van der Waals surface area contributed by atoms with Gasteiger partial charge in [-0.25, -0.2) is 4.98 Å². The molecule has 2 rings (SSSR count). The van der Waals surface area contributed by atoms with Gasteiger partial charge in [-0.3, -0.25) is 4.79 Å². The Kier molecular flexibility index (Phi) is 4.30. The first-order chi connectivity index (χ1) is 9.22. The van der Waals surface area contributed by atoms with Gasteiger partial charge in [0.15, 0.2) is 0 Å². The van der Waals surface area contributed by atoms with E-state index in [0.717, 1.165) is 11.3 Å². The third-order valence-corrected chi connectivity index (χ3v) is 2.62. The smallest absolute Gasteiger partial charge is 0.251 e. The maximum atomic E-state index is 11.6. The van der Waals surface area contributed by atoms with E-state index in [1.165, 1.54) is 6.07 Å². The standard InChI is InChI=1S/C14H16N2O3/c1-3-19-9-13-15-12(8-14(17)16-13)10-4-6-11(18-2)7-5-10/h4-8H,3,9H2,1-2H3,(H,15,16,17). The molecule has 0 unspecified atom stereocenters. The normalized spacial score (nSPS) is 10.4. The first kappa shape index (κ1) is 13.3. The Morgan fingerprint density at radius 1 is 1.26 bits per heavy atom. The number of hydrogen-bond acceptors (Lipinski definition) is 4. The fourth-order valence-electron chi connectivity index (χ4n) is 1.68. The molecule has 0 amide bonds. The highest BCUT2D eigenvalue weighted by Crippen LogP contribution is 2.19. The number of methoxy groups -OCH3 is 1. The summed E-state index contributed by atoms with van der Waals surface area (Å²) in [6.45, 7) is 2.78. The van der Waals surface area contributed by atoms with E-state index >= 15 is 0 Å². The van der Waals surface area contributed by atoms with Crippen LogP contribution in [0.4, 0.5) is 0 Å². The van der Waals surface area contributed by atoms with E-state index in [9.17, 15) is 4.79 Å². The summed E-state index contributed by atoms with van der Waals surface area (Å²) in [5.41, 5.74) is 1.31. The van der Waals surface area contributed by atoms with E-state index in [0.29, 0.717) is 24.7 Å². The number of aromatic amines is 1. The third-order valence-electron chi connectivity index (χ3n) is 2.62. The van der Waals surface area contributed by atoms with E-state index in [2.05, 4.69) is 9.97 Å². The van der Waals surface area contributed by atoms with Gasteiger partial charge in [0, 0.05) is 18.2 Å². The van der Waals surface area contributed by atoms with Crippen LogP contribution < -0.4 is 10.3 Å². The third kappa shape index (κ3) is 3.42. The molecule has 5 heteroatoms. The Bertz CT molecular complexity index is 590. The van der Waals surface area contributed by atoms with Crippen molar-refractivity contribution in [2.24, 2.45) is 0 Å². The van der Waals surface area contributed by atoms with Crippen LogP contribution in [0.2, 0.25) is 0 Å². The van der Waals surface area contributed by atoms with Crippen LogP contribution in [0, 0.1) is 0 Å². The highest BCUT2D eigenvalue weighted by molar-refractivity contribution is 5.59. The molecule has 5 nitrogen and oxygen atoms in total. The average Bonchev–Trinajstić information content (AvgIpc) is 2.44. The van der Waals surface area contributed by atoms with Crippen molar-refractivity contribution >= 4 is 0 Å². The van der Waals surface area contributed by atoms with E-state index in [-0.39, 0.29) is 5.56 Å². The molecule has 1 aromatic heterocycles. The maximum Gasteiger partial charge on any atom is 0.251 e.